The van der Waals surface area contributed by atoms with E-state index in [1.807, 2.05) is 24.3 Å². The number of carboxylic acid groups (broad SMARTS) is 2. The summed E-state index contributed by atoms with van der Waals surface area (Å²) >= 11 is 0. The summed E-state index contributed by atoms with van der Waals surface area (Å²) < 4.78 is 0. The van der Waals surface area contributed by atoms with Crippen LogP contribution in [0.3, 0.4) is 0 Å². The molecule has 2 aromatic rings. The predicted molar refractivity (Wildman–Crippen MR) is 137 cm³/mol. The molecular weight excluding hydrogens is 498 g/mol. The molecule has 13 nitrogen and oxygen atoms in total. The van der Waals surface area contributed by atoms with Crippen molar-refractivity contribution in [1.82, 2.24) is 20.9 Å². The van der Waals surface area contributed by atoms with Crippen LogP contribution in [0.25, 0.3) is 10.9 Å². The zero-order valence-electron chi connectivity index (χ0n) is 21.4. The Labute approximate surface area is 219 Å². The van der Waals surface area contributed by atoms with Crippen molar-refractivity contribution in [2.45, 2.75) is 70.3 Å². The molecule has 0 aliphatic heterocycles. The average molecular weight is 534 g/mol. The second-order valence-electron chi connectivity index (χ2n) is 9.46. The molecule has 0 radical (unpaired) electrons. The van der Waals surface area contributed by atoms with E-state index in [2.05, 4.69) is 20.9 Å². The predicted octanol–water partition coefficient (Wildman–Crippen LogP) is -0.522. The van der Waals surface area contributed by atoms with Gasteiger partial charge in [0.15, 0.2) is 0 Å². The zero-order chi connectivity index (χ0) is 28.6. The van der Waals surface area contributed by atoms with Gasteiger partial charge in [0.2, 0.25) is 17.7 Å². The first-order valence-corrected chi connectivity index (χ1v) is 12.2. The van der Waals surface area contributed by atoms with E-state index in [1.165, 1.54) is 6.92 Å². The summed E-state index contributed by atoms with van der Waals surface area (Å²) in [5.74, 6) is -5.59. The van der Waals surface area contributed by atoms with Gasteiger partial charge in [-0.1, -0.05) is 32.0 Å². The smallest absolute Gasteiger partial charge is 0.326 e. The van der Waals surface area contributed by atoms with E-state index < -0.39 is 72.3 Å². The molecule has 0 aliphatic carbocycles. The van der Waals surface area contributed by atoms with Gasteiger partial charge in [0.05, 0.1) is 12.1 Å². The van der Waals surface area contributed by atoms with Crippen LogP contribution in [0.5, 0.6) is 0 Å². The molecule has 3 amide bonds. The van der Waals surface area contributed by atoms with Gasteiger partial charge in [0.1, 0.15) is 18.1 Å². The zero-order valence-corrected chi connectivity index (χ0v) is 21.4. The van der Waals surface area contributed by atoms with Gasteiger partial charge in [-0.15, -0.1) is 0 Å². The van der Waals surface area contributed by atoms with Gasteiger partial charge in [-0.2, -0.15) is 0 Å². The number of aromatic amines is 1. The lowest BCUT2D eigenvalue weighted by Gasteiger charge is -2.27. The number of hydrogen-bond donors (Lipinski definition) is 8. The topological polar surface area (TPSA) is 224 Å². The van der Waals surface area contributed by atoms with Crippen LogP contribution in [-0.4, -0.2) is 80.2 Å². The minimum absolute atomic E-state index is 0.133. The molecular formula is C25H35N5O8. The van der Waals surface area contributed by atoms with E-state index >= 15 is 0 Å². The Balaban J connectivity index is 2.14. The molecule has 2 rings (SSSR count). The summed E-state index contributed by atoms with van der Waals surface area (Å²) in [5, 5.41) is 36.4. The van der Waals surface area contributed by atoms with Gasteiger partial charge in [0, 0.05) is 23.5 Å². The van der Waals surface area contributed by atoms with Crippen molar-refractivity contribution in [1.29, 1.82) is 0 Å². The monoisotopic (exact) mass is 533 g/mol. The number of para-hydroxylation sites is 1. The lowest BCUT2D eigenvalue weighted by molar-refractivity contribution is -0.144. The number of carbonyl (C=O) groups excluding carboxylic acids is 3. The van der Waals surface area contributed by atoms with Gasteiger partial charge >= 0.3 is 11.9 Å². The van der Waals surface area contributed by atoms with Crippen molar-refractivity contribution in [3.05, 3.63) is 36.0 Å². The van der Waals surface area contributed by atoms with Crippen LogP contribution in [0.4, 0.5) is 0 Å². The van der Waals surface area contributed by atoms with Crippen LogP contribution >= 0.6 is 0 Å². The number of H-pyrrole nitrogens is 1. The fourth-order valence-electron chi connectivity index (χ4n) is 3.86. The number of aliphatic carboxylic acids is 2. The Morgan fingerprint density at radius 2 is 1.55 bits per heavy atom. The number of nitrogens with one attached hydrogen (secondary N) is 4. The maximum atomic E-state index is 13.0. The summed E-state index contributed by atoms with van der Waals surface area (Å²) in [6.45, 7) is 4.37. The van der Waals surface area contributed by atoms with Crippen molar-refractivity contribution in [2.24, 2.45) is 11.7 Å². The molecule has 1 aromatic carbocycles. The maximum Gasteiger partial charge on any atom is 0.326 e. The van der Waals surface area contributed by atoms with Crippen molar-refractivity contribution in [3.63, 3.8) is 0 Å². The molecule has 38 heavy (non-hydrogen) atoms. The minimum atomic E-state index is -1.56. The summed E-state index contributed by atoms with van der Waals surface area (Å²) in [5.41, 5.74) is 7.72. The molecule has 0 bridgehead atoms. The van der Waals surface area contributed by atoms with Crippen molar-refractivity contribution < 1.29 is 39.3 Å². The quantitative estimate of drug-likeness (QED) is 0.156. The maximum absolute atomic E-state index is 13.0. The summed E-state index contributed by atoms with van der Waals surface area (Å²) in [6.07, 6.45) is -0.367. The van der Waals surface area contributed by atoms with Gasteiger partial charge in [0.25, 0.3) is 0 Å². The average Bonchev–Trinajstić information content (AvgIpc) is 3.24. The molecule has 5 atom stereocenters. The normalized spacial score (nSPS) is 15.2. The van der Waals surface area contributed by atoms with Crippen LogP contribution in [0.15, 0.2) is 30.5 Å². The lowest BCUT2D eigenvalue weighted by Crippen LogP contribution is -2.60. The Morgan fingerprint density at radius 3 is 2.13 bits per heavy atom. The van der Waals surface area contributed by atoms with Gasteiger partial charge in [-0.3, -0.25) is 19.2 Å². The van der Waals surface area contributed by atoms with Crippen molar-refractivity contribution in [3.8, 4) is 0 Å². The fraction of sp³-hybridized carbons (Fsp3) is 0.480. The Hall–Kier alpha value is -3.97. The molecule has 0 saturated carbocycles. The number of aliphatic hydroxyl groups is 1. The summed E-state index contributed by atoms with van der Waals surface area (Å²) in [6, 6.07) is 2.13. The van der Waals surface area contributed by atoms with E-state index in [9.17, 15) is 34.2 Å². The van der Waals surface area contributed by atoms with E-state index in [-0.39, 0.29) is 12.8 Å². The minimum Gasteiger partial charge on any atom is -0.481 e. The van der Waals surface area contributed by atoms with E-state index in [1.54, 1.807) is 20.0 Å². The molecule has 208 valence electrons. The molecule has 0 aliphatic rings. The Kier molecular flexibility index (Phi) is 10.8. The Bertz CT molecular complexity index is 1160. The van der Waals surface area contributed by atoms with Crippen molar-refractivity contribution >= 4 is 40.6 Å². The van der Waals surface area contributed by atoms with Crippen LogP contribution in [-0.2, 0) is 30.4 Å². The highest BCUT2D eigenvalue weighted by atomic mass is 16.4. The lowest BCUT2D eigenvalue weighted by atomic mass is 10.0. The number of amides is 3. The summed E-state index contributed by atoms with van der Waals surface area (Å²) in [7, 11) is 0. The third-order valence-corrected chi connectivity index (χ3v) is 6.02. The number of nitrogens with two attached hydrogens (primary N) is 1. The second-order valence-corrected chi connectivity index (χ2v) is 9.46. The first kappa shape index (κ1) is 30.3. The summed E-state index contributed by atoms with van der Waals surface area (Å²) in [4.78, 5) is 64.2. The fourth-order valence-corrected chi connectivity index (χ4v) is 3.86. The number of aromatic nitrogens is 1. The van der Waals surface area contributed by atoms with E-state index in [4.69, 9.17) is 10.8 Å². The van der Waals surface area contributed by atoms with Crippen LogP contribution in [0.1, 0.15) is 39.2 Å². The van der Waals surface area contributed by atoms with E-state index in [0.717, 1.165) is 16.5 Å². The highest BCUT2D eigenvalue weighted by Gasteiger charge is 2.33. The molecule has 9 N–H and O–H groups in total. The largest absolute Gasteiger partial charge is 0.481 e. The number of aliphatic hydroxyl groups excluding tert-OH is 1. The first-order valence-electron chi connectivity index (χ1n) is 12.2. The molecule has 1 heterocycles. The van der Waals surface area contributed by atoms with Crippen LogP contribution in [0.2, 0.25) is 0 Å². The van der Waals surface area contributed by atoms with Gasteiger partial charge in [-0.05, 0) is 37.3 Å². The second kappa shape index (κ2) is 13.5. The van der Waals surface area contributed by atoms with E-state index in [0.29, 0.717) is 0 Å². The SMILES string of the molecule is CC(C)C(NC(=O)C(NC(=O)C(CCC(=O)O)NC(=O)C(N)Cc1c[nH]c2ccccc12)C(C)O)C(=O)O. The Morgan fingerprint density at radius 1 is 0.921 bits per heavy atom. The number of rotatable bonds is 14. The van der Waals surface area contributed by atoms with Crippen LogP contribution < -0.4 is 21.7 Å². The molecule has 1 aromatic heterocycles. The third kappa shape index (κ3) is 8.28. The molecule has 0 spiro atoms. The van der Waals surface area contributed by atoms with Crippen molar-refractivity contribution in [2.75, 3.05) is 0 Å². The number of benzene rings is 1. The van der Waals surface area contributed by atoms with Crippen LogP contribution in [0, 0.1) is 5.92 Å². The molecule has 13 heteroatoms. The van der Waals surface area contributed by atoms with Gasteiger partial charge in [-0.25, -0.2) is 4.79 Å². The highest BCUT2D eigenvalue weighted by Crippen LogP contribution is 2.19. The molecule has 5 unspecified atom stereocenters. The number of carbonyl (C=O) groups is 5. The van der Waals surface area contributed by atoms with Gasteiger partial charge < -0.3 is 42.0 Å². The standard InChI is InChI=1S/C25H35N5O8/c1-12(2)20(25(37)38)29-24(36)21(13(3)31)30-23(35)18(8-9-19(32)33)28-22(34)16(26)10-14-11-27-17-7-5-4-6-15(14)17/h4-7,11-13,16,18,20-21,27,31H,8-10,26H2,1-3H3,(H,28,34)(H,29,36)(H,30,35)(H,32,33)(H,37,38). The molecule has 0 saturated heterocycles. The third-order valence-electron chi connectivity index (χ3n) is 6.02. The molecule has 0 fully saturated rings. The number of hydrogen-bond acceptors (Lipinski definition) is 7. The first-order chi connectivity index (χ1) is 17.8. The number of carboxylic acids is 2. The number of fused-ring (bicyclic) bond motifs is 1. The highest BCUT2D eigenvalue weighted by molar-refractivity contribution is 5.95.